The standard InChI is InChI=1S/C9H9NO2/c1-3-8(11)7-4-5-9(12-2)10-6-7/h3-6H,1H2,2H3. The highest BCUT2D eigenvalue weighted by Gasteiger charge is 2.00. The molecule has 0 bridgehead atoms. The SMILES string of the molecule is C=CC(=O)c1ccc(OC)nc1. The van der Waals surface area contributed by atoms with E-state index in [0.717, 1.165) is 0 Å². The Morgan fingerprint density at radius 3 is 2.83 bits per heavy atom. The summed E-state index contributed by atoms with van der Waals surface area (Å²) in [7, 11) is 1.53. The molecule has 0 aliphatic heterocycles. The summed E-state index contributed by atoms with van der Waals surface area (Å²) in [6.07, 6.45) is 2.71. The first-order chi connectivity index (χ1) is 5.77. The second-order valence-electron chi connectivity index (χ2n) is 2.16. The van der Waals surface area contributed by atoms with Crippen molar-refractivity contribution in [3.63, 3.8) is 0 Å². The smallest absolute Gasteiger partial charge is 0.212 e. The normalized spacial score (nSPS) is 9.08. The van der Waals surface area contributed by atoms with Crippen molar-refractivity contribution in [3.8, 4) is 5.88 Å². The minimum absolute atomic E-state index is 0.134. The fraction of sp³-hybridized carbons (Fsp3) is 0.111. The minimum atomic E-state index is -0.134. The van der Waals surface area contributed by atoms with Crippen LogP contribution in [0, 0.1) is 0 Å². The molecule has 1 heterocycles. The zero-order valence-electron chi connectivity index (χ0n) is 6.78. The van der Waals surface area contributed by atoms with Gasteiger partial charge in [0.1, 0.15) is 0 Å². The monoisotopic (exact) mass is 163 g/mol. The number of hydrogen-bond acceptors (Lipinski definition) is 3. The first-order valence-electron chi connectivity index (χ1n) is 3.44. The summed E-state index contributed by atoms with van der Waals surface area (Å²) in [5.41, 5.74) is 0.519. The lowest BCUT2D eigenvalue weighted by molar-refractivity contribution is 0.104. The lowest BCUT2D eigenvalue weighted by Gasteiger charge is -1.98. The van der Waals surface area contributed by atoms with Crippen LogP contribution in [0.1, 0.15) is 10.4 Å². The van der Waals surface area contributed by atoms with Gasteiger partial charge >= 0.3 is 0 Å². The van der Waals surface area contributed by atoms with Gasteiger partial charge in [-0.15, -0.1) is 0 Å². The topological polar surface area (TPSA) is 39.2 Å². The van der Waals surface area contributed by atoms with Gasteiger partial charge in [-0.1, -0.05) is 6.58 Å². The van der Waals surface area contributed by atoms with Gasteiger partial charge in [0.05, 0.1) is 7.11 Å². The molecule has 0 saturated carbocycles. The van der Waals surface area contributed by atoms with Crippen LogP contribution in [-0.4, -0.2) is 17.9 Å². The van der Waals surface area contributed by atoms with Crippen LogP contribution < -0.4 is 4.74 Å². The van der Waals surface area contributed by atoms with Crippen LogP contribution in [0.3, 0.4) is 0 Å². The van der Waals surface area contributed by atoms with Gasteiger partial charge in [0, 0.05) is 17.8 Å². The molecule has 0 aliphatic carbocycles. The molecule has 1 rings (SSSR count). The lowest BCUT2D eigenvalue weighted by atomic mass is 10.2. The maximum absolute atomic E-state index is 11.0. The van der Waals surface area contributed by atoms with E-state index in [0.29, 0.717) is 11.4 Å². The van der Waals surface area contributed by atoms with Crippen molar-refractivity contribution in [2.45, 2.75) is 0 Å². The van der Waals surface area contributed by atoms with E-state index in [1.165, 1.54) is 19.4 Å². The number of methoxy groups -OCH3 is 1. The van der Waals surface area contributed by atoms with Crippen molar-refractivity contribution < 1.29 is 9.53 Å². The number of ketones is 1. The zero-order valence-corrected chi connectivity index (χ0v) is 6.78. The maximum Gasteiger partial charge on any atom is 0.212 e. The highest BCUT2D eigenvalue weighted by molar-refractivity contribution is 6.03. The summed E-state index contributed by atoms with van der Waals surface area (Å²) in [5.74, 6) is 0.362. The summed E-state index contributed by atoms with van der Waals surface area (Å²) in [4.78, 5) is 14.9. The lowest BCUT2D eigenvalue weighted by Crippen LogP contribution is -1.95. The molecular formula is C9H9NO2. The molecule has 0 saturated heterocycles. The van der Waals surface area contributed by atoms with E-state index >= 15 is 0 Å². The fourth-order valence-electron chi connectivity index (χ4n) is 0.765. The highest BCUT2D eigenvalue weighted by atomic mass is 16.5. The minimum Gasteiger partial charge on any atom is -0.481 e. The van der Waals surface area contributed by atoms with Crippen molar-refractivity contribution in [1.29, 1.82) is 0 Å². The van der Waals surface area contributed by atoms with Crippen molar-refractivity contribution >= 4 is 5.78 Å². The van der Waals surface area contributed by atoms with Gasteiger partial charge in [-0.05, 0) is 12.1 Å². The fourth-order valence-corrected chi connectivity index (χ4v) is 0.765. The highest BCUT2D eigenvalue weighted by Crippen LogP contribution is 2.06. The molecule has 0 aromatic carbocycles. The number of allylic oxidation sites excluding steroid dienone is 1. The molecule has 0 radical (unpaired) electrons. The van der Waals surface area contributed by atoms with E-state index in [2.05, 4.69) is 11.6 Å². The van der Waals surface area contributed by atoms with Gasteiger partial charge in [-0.2, -0.15) is 0 Å². The number of carbonyl (C=O) groups is 1. The number of ether oxygens (including phenoxy) is 1. The Labute approximate surface area is 70.7 Å². The van der Waals surface area contributed by atoms with Crippen LogP contribution in [-0.2, 0) is 0 Å². The van der Waals surface area contributed by atoms with Crippen LogP contribution in [0.5, 0.6) is 5.88 Å². The third-order valence-electron chi connectivity index (χ3n) is 1.42. The second-order valence-corrected chi connectivity index (χ2v) is 2.16. The number of nitrogens with zero attached hydrogens (tertiary/aromatic N) is 1. The van der Waals surface area contributed by atoms with Crippen LogP contribution in [0.2, 0.25) is 0 Å². The Morgan fingerprint density at radius 1 is 1.67 bits per heavy atom. The molecule has 0 unspecified atom stereocenters. The molecule has 0 aliphatic rings. The van der Waals surface area contributed by atoms with Gasteiger partial charge in [-0.3, -0.25) is 4.79 Å². The predicted octanol–water partition coefficient (Wildman–Crippen LogP) is 1.46. The Balaban J connectivity index is 2.91. The Morgan fingerprint density at radius 2 is 2.42 bits per heavy atom. The Bertz CT molecular complexity index is 290. The summed E-state index contributed by atoms with van der Waals surface area (Å²) in [6, 6.07) is 3.28. The molecule has 1 aromatic rings. The van der Waals surface area contributed by atoms with E-state index in [1.54, 1.807) is 12.1 Å². The first kappa shape index (κ1) is 8.46. The van der Waals surface area contributed by atoms with Crippen molar-refractivity contribution in [2.75, 3.05) is 7.11 Å². The van der Waals surface area contributed by atoms with Gasteiger partial charge in [-0.25, -0.2) is 4.98 Å². The molecule has 1 aromatic heterocycles. The van der Waals surface area contributed by atoms with Gasteiger partial charge < -0.3 is 4.74 Å². The number of hydrogen-bond donors (Lipinski definition) is 0. The zero-order chi connectivity index (χ0) is 8.97. The molecular weight excluding hydrogens is 154 g/mol. The quantitative estimate of drug-likeness (QED) is 0.500. The molecule has 0 fully saturated rings. The van der Waals surface area contributed by atoms with Crippen LogP contribution in [0.15, 0.2) is 31.0 Å². The number of aromatic nitrogens is 1. The van der Waals surface area contributed by atoms with Crippen LogP contribution in [0.4, 0.5) is 0 Å². The van der Waals surface area contributed by atoms with Crippen molar-refractivity contribution in [3.05, 3.63) is 36.5 Å². The number of rotatable bonds is 3. The summed E-state index contributed by atoms with van der Waals surface area (Å²) >= 11 is 0. The Hall–Kier alpha value is -1.64. The maximum atomic E-state index is 11.0. The largest absolute Gasteiger partial charge is 0.481 e. The molecule has 62 valence electrons. The second kappa shape index (κ2) is 3.67. The molecule has 12 heavy (non-hydrogen) atoms. The van der Waals surface area contributed by atoms with E-state index in [4.69, 9.17) is 4.74 Å². The average Bonchev–Trinajstić information content (AvgIpc) is 2.17. The van der Waals surface area contributed by atoms with Gasteiger partial charge in [0.15, 0.2) is 5.78 Å². The van der Waals surface area contributed by atoms with Gasteiger partial charge in [0.2, 0.25) is 5.88 Å². The first-order valence-corrected chi connectivity index (χ1v) is 3.44. The van der Waals surface area contributed by atoms with Crippen molar-refractivity contribution in [2.24, 2.45) is 0 Å². The van der Waals surface area contributed by atoms with E-state index in [-0.39, 0.29) is 5.78 Å². The summed E-state index contributed by atoms with van der Waals surface area (Å²) in [5, 5.41) is 0. The van der Waals surface area contributed by atoms with Crippen LogP contribution in [0.25, 0.3) is 0 Å². The van der Waals surface area contributed by atoms with Crippen molar-refractivity contribution in [1.82, 2.24) is 4.98 Å². The third-order valence-corrected chi connectivity index (χ3v) is 1.42. The third kappa shape index (κ3) is 1.69. The molecule has 0 atom stereocenters. The molecule has 0 N–H and O–H groups in total. The molecule has 3 heteroatoms. The van der Waals surface area contributed by atoms with Crippen LogP contribution >= 0.6 is 0 Å². The van der Waals surface area contributed by atoms with E-state index in [1.807, 2.05) is 0 Å². The Kier molecular flexibility index (Phi) is 2.58. The van der Waals surface area contributed by atoms with Gasteiger partial charge in [0.25, 0.3) is 0 Å². The molecule has 0 amide bonds. The molecule has 0 spiro atoms. The number of carbonyl (C=O) groups excluding carboxylic acids is 1. The summed E-state index contributed by atoms with van der Waals surface area (Å²) < 4.78 is 4.83. The predicted molar refractivity (Wildman–Crippen MR) is 45.3 cm³/mol. The summed E-state index contributed by atoms with van der Waals surface area (Å²) in [6.45, 7) is 3.37. The molecule has 3 nitrogen and oxygen atoms in total. The average molecular weight is 163 g/mol. The van der Waals surface area contributed by atoms with E-state index in [9.17, 15) is 4.79 Å². The van der Waals surface area contributed by atoms with E-state index < -0.39 is 0 Å². The number of pyridine rings is 1.